The molecular formula is C25H27N3O6. The first kappa shape index (κ1) is 23.2. The summed E-state index contributed by atoms with van der Waals surface area (Å²) in [6.45, 7) is 0.857. The molecule has 0 unspecified atom stereocenters. The molecule has 4 rings (SSSR count). The summed E-state index contributed by atoms with van der Waals surface area (Å²) in [7, 11) is 6.11. The third-order valence-electron chi connectivity index (χ3n) is 5.80. The number of amides is 2. The highest BCUT2D eigenvalue weighted by atomic mass is 16.5. The van der Waals surface area contributed by atoms with Gasteiger partial charge in [-0.25, -0.2) is 9.99 Å². The zero-order valence-electron chi connectivity index (χ0n) is 19.7. The van der Waals surface area contributed by atoms with Crippen LogP contribution in [-0.2, 0) is 11.2 Å². The maximum Gasteiger partial charge on any atom is 0.291 e. The second-order valence-electron chi connectivity index (χ2n) is 7.70. The lowest BCUT2D eigenvalue weighted by molar-refractivity contribution is -0.139. The summed E-state index contributed by atoms with van der Waals surface area (Å²) in [5.41, 5.74) is 1.51. The number of carbonyl (C=O) groups excluding carboxylic acids is 2. The van der Waals surface area contributed by atoms with Gasteiger partial charge in [0.25, 0.3) is 5.91 Å². The first-order chi connectivity index (χ1) is 16.5. The van der Waals surface area contributed by atoms with E-state index < -0.39 is 0 Å². The molecule has 9 heteroatoms. The lowest BCUT2D eigenvalue weighted by Crippen LogP contribution is -2.45. The first-order valence-electron chi connectivity index (χ1n) is 10.9. The summed E-state index contributed by atoms with van der Waals surface area (Å²) < 4.78 is 21.7. The molecule has 1 aliphatic rings. The molecule has 0 aliphatic carbocycles. The number of aromatic nitrogens is 1. The predicted molar refractivity (Wildman–Crippen MR) is 125 cm³/mol. The zero-order chi connectivity index (χ0) is 24.2. The summed E-state index contributed by atoms with van der Waals surface area (Å²) in [4.78, 5) is 31.2. The summed E-state index contributed by atoms with van der Waals surface area (Å²) in [5.74, 6) is 1.31. The summed E-state index contributed by atoms with van der Waals surface area (Å²) in [5, 5.41) is 3.74. The second kappa shape index (κ2) is 9.86. The number of rotatable bonds is 7. The number of hydrogen-bond donors (Lipinski definition) is 0. The highest BCUT2D eigenvalue weighted by Gasteiger charge is 2.33. The average Bonchev–Trinajstić information content (AvgIpc) is 3.37. The molecule has 1 saturated heterocycles. The smallest absolute Gasteiger partial charge is 0.291 e. The van der Waals surface area contributed by atoms with E-state index in [1.165, 1.54) is 31.3 Å². The van der Waals surface area contributed by atoms with Crippen molar-refractivity contribution in [3.63, 3.8) is 0 Å². The van der Waals surface area contributed by atoms with E-state index in [0.29, 0.717) is 53.6 Å². The van der Waals surface area contributed by atoms with Crippen LogP contribution in [0, 0.1) is 0 Å². The summed E-state index contributed by atoms with van der Waals surface area (Å²) in [6, 6.07) is 12.5. The van der Waals surface area contributed by atoms with Crippen LogP contribution in [0.2, 0.25) is 0 Å². The number of pyridine rings is 1. The molecular weight excluding hydrogens is 438 g/mol. The summed E-state index contributed by atoms with van der Waals surface area (Å²) in [6.07, 6.45) is 0.701. The first-order valence-corrected chi connectivity index (χ1v) is 10.9. The van der Waals surface area contributed by atoms with Crippen LogP contribution in [0.4, 0.5) is 0 Å². The Labute approximate surface area is 197 Å². The van der Waals surface area contributed by atoms with Gasteiger partial charge in [-0.1, -0.05) is 18.2 Å². The maximum atomic E-state index is 13.4. The van der Waals surface area contributed by atoms with E-state index in [0.717, 1.165) is 5.39 Å². The van der Waals surface area contributed by atoms with Gasteiger partial charge in [0.15, 0.2) is 11.5 Å². The van der Waals surface area contributed by atoms with Crippen molar-refractivity contribution in [2.45, 2.75) is 12.8 Å². The van der Waals surface area contributed by atoms with Crippen molar-refractivity contribution in [3.8, 4) is 23.0 Å². The number of benzene rings is 2. The van der Waals surface area contributed by atoms with Crippen molar-refractivity contribution in [1.29, 1.82) is 0 Å². The molecule has 0 N–H and O–H groups in total. The molecule has 1 fully saturated rings. The number of nitrogens with zero attached hydrogens (tertiary/aromatic N) is 3. The lowest BCUT2D eigenvalue weighted by Gasteiger charge is -2.28. The van der Waals surface area contributed by atoms with E-state index in [4.69, 9.17) is 18.9 Å². The highest BCUT2D eigenvalue weighted by molar-refractivity contribution is 5.98. The standard InChI is InChI=1S/C25H27N3O6/c1-31-20-11-10-16(23(33-3)24(20)34-4)14-22(29)27-12-7-13-28(27)25(30)19-15-21(32-2)17-8-5-6-9-18(17)26-19/h5-6,8-11,15H,7,12-14H2,1-4H3. The molecule has 2 heterocycles. The average molecular weight is 466 g/mol. The van der Waals surface area contributed by atoms with Gasteiger partial charge in [-0.3, -0.25) is 14.6 Å². The van der Waals surface area contributed by atoms with Crippen molar-refractivity contribution < 1.29 is 28.5 Å². The third kappa shape index (κ3) is 4.16. The van der Waals surface area contributed by atoms with E-state index >= 15 is 0 Å². The third-order valence-corrected chi connectivity index (χ3v) is 5.80. The van der Waals surface area contributed by atoms with Crippen LogP contribution in [0.1, 0.15) is 22.5 Å². The Morgan fingerprint density at radius 3 is 2.26 bits per heavy atom. The molecule has 1 aliphatic heterocycles. The normalized spacial score (nSPS) is 13.2. The Balaban J connectivity index is 1.60. The maximum absolute atomic E-state index is 13.4. The molecule has 0 atom stereocenters. The minimum absolute atomic E-state index is 0.0295. The fraction of sp³-hybridized carbons (Fsp3) is 0.320. The fourth-order valence-electron chi connectivity index (χ4n) is 4.19. The Morgan fingerprint density at radius 2 is 1.56 bits per heavy atom. The Kier molecular flexibility index (Phi) is 6.72. The van der Waals surface area contributed by atoms with Gasteiger partial charge in [0.05, 0.1) is 40.4 Å². The number of ether oxygens (including phenoxy) is 4. The molecule has 0 radical (unpaired) electrons. The molecule has 0 saturated carbocycles. The van der Waals surface area contributed by atoms with Crippen LogP contribution in [0.25, 0.3) is 10.9 Å². The minimum atomic E-state index is -0.353. The second-order valence-corrected chi connectivity index (χ2v) is 7.70. The van der Waals surface area contributed by atoms with Gasteiger partial charge >= 0.3 is 0 Å². The van der Waals surface area contributed by atoms with Crippen LogP contribution in [-0.4, -0.2) is 68.3 Å². The van der Waals surface area contributed by atoms with Gasteiger partial charge in [0.1, 0.15) is 11.4 Å². The van der Waals surface area contributed by atoms with Crippen LogP contribution in [0.5, 0.6) is 23.0 Å². The van der Waals surface area contributed by atoms with Gasteiger partial charge in [-0.15, -0.1) is 0 Å². The lowest BCUT2D eigenvalue weighted by atomic mass is 10.1. The zero-order valence-corrected chi connectivity index (χ0v) is 19.7. The van der Waals surface area contributed by atoms with Crippen LogP contribution >= 0.6 is 0 Å². The quantitative estimate of drug-likeness (QED) is 0.530. The Bertz CT molecular complexity index is 1230. The number of hydrazine groups is 1. The molecule has 2 aromatic carbocycles. The number of para-hydroxylation sites is 1. The van der Waals surface area contributed by atoms with Crippen molar-refractivity contribution in [2.75, 3.05) is 41.5 Å². The van der Waals surface area contributed by atoms with Crippen LogP contribution in [0.15, 0.2) is 42.5 Å². The number of methoxy groups -OCH3 is 4. The van der Waals surface area contributed by atoms with Crippen molar-refractivity contribution in [3.05, 3.63) is 53.7 Å². The Hall–Kier alpha value is -4.01. The van der Waals surface area contributed by atoms with Crippen molar-refractivity contribution in [1.82, 2.24) is 15.0 Å². The molecule has 3 aromatic rings. The van der Waals surface area contributed by atoms with Gasteiger partial charge in [0, 0.05) is 30.1 Å². The van der Waals surface area contributed by atoms with E-state index in [2.05, 4.69) is 4.98 Å². The fourth-order valence-corrected chi connectivity index (χ4v) is 4.19. The number of carbonyl (C=O) groups is 2. The number of hydrogen-bond acceptors (Lipinski definition) is 7. The van der Waals surface area contributed by atoms with Gasteiger partial charge < -0.3 is 18.9 Å². The Morgan fingerprint density at radius 1 is 0.853 bits per heavy atom. The predicted octanol–water partition coefficient (Wildman–Crippen LogP) is 3.10. The summed E-state index contributed by atoms with van der Waals surface area (Å²) >= 11 is 0. The molecule has 9 nitrogen and oxygen atoms in total. The molecule has 178 valence electrons. The minimum Gasteiger partial charge on any atom is -0.496 e. The van der Waals surface area contributed by atoms with Crippen LogP contribution < -0.4 is 18.9 Å². The molecule has 2 amide bonds. The molecule has 0 spiro atoms. The van der Waals surface area contributed by atoms with Crippen molar-refractivity contribution in [2.24, 2.45) is 0 Å². The molecule has 0 bridgehead atoms. The van der Waals surface area contributed by atoms with E-state index in [-0.39, 0.29) is 23.9 Å². The highest BCUT2D eigenvalue weighted by Crippen LogP contribution is 2.40. The van der Waals surface area contributed by atoms with Crippen LogP contribution in [0.3, 0.4) is 0 Å². The SMILES string of the molecule is COc1ccc(CC(=O)N2CCCN2C(=O)c2cc(OC)c3ccccc3n2)c(OC)c1OC. The van der Waals surface area contributed by atoms with Gasteiger partial charge in [-0.2, -0.15) is 0 Å². The van der Waals surface area contributed by atoms with Crippen molar-refractivity contribution >= 4 is 22.7 Å². The largest absolute Gasteiger partial charge is 0.496 e. The van der Waals surface area contributed by atoms with E-state index in [1.807, 2.05) is 24.3 Å². The number of fused-ring (bicyclic) bond motifs is 1. The van der Waals surface area contributed by atoms with Gasteiger partial charge in [0.2, 0.25) is 11.7 Å². The van der Waals surface area contributed by atoms with E-state index in [1.54, 1.807) is 25.3 Å². The van der Waals surface area contributed by atoms with E-state index in [9.17, 15) is 9.59 Å². The molecule has 1 aromatic heterocycles. The topological polar surface area (TPSA) is 90.4 Å². The molecule has 34 heavy (non-hydrogen) atoms. The monoisotopic (exact) mass is 465 g/mol. The van der Waals surface area contributed by atoms with Gasteiger partial charge in [-0.05, 0) is 24.6 Å².